The van der Waals surface area contributed by atoms with Crippen molar-refractivity contribution in [1.82, 2.24) is 15.1 Å². The van der Waals surface area contributed by atoms with Gasteiger partial charge in [0.1, 0.15) is 6.54 Å². The lowest BCUT2D eigenvalue weighted by molar-refractivity contribution is -0.139. The van der Waals surface area contributed by atoms with Crippen molar-refractivity contribution < 1.29 is 18.0 Å². The number of amides is 1. The number of alkyl halides is 3. The van der Waals surface area contributed by atoms with Crippen LogP contribution in [-0.2, 0) is 4.79 Å². The first-order valence-electron chi connectivity index (χ1n) is 6.85. The van der Waals surface area contributed by atoms with E-state index in [4.69, 9.17) is 5.73 Å². The lowest BCUT2D eigenvalue weighted by Gasteiger charge is -2.38. The molecule has 1 fully saturated rings. The minimum atomic E-state index is -4.36. The van der Waals surface area contributed by atoms with Crippen LogP contribution < -0.4 is 11.1 Å². The van der Waals surface area contributed by atoms with Gasteiger partial charge >= 0.3 is 6.18 Å². The van der Waals surface area contributed by atoms with E-state index < -0.39 is 18.6 Å². The van der Waals surface area contributed by atoms with Gasteiger partial charge in [-0.05, 0) is 6.42 Å². The monoisotopic (exact) mass is 296 g/mol. The Hall–Kier alpha value is -0.860. The largest absolute Gasteiger partial charge is 0.405 e. The molecule has 118 valence electrons. The van der Waals surface area contributed by atoms with Crippen molar-refractivity contribution >= 4 is 5.91 Å². The van der Waals surface area contributed by atoms with Gasteiger partial charge in [-0.15, -0.1) is 0 Å². The van der Waals surface area contributed by atoms with Crippen LogP contribution >= 0.6 is 0 Å². The van der Waals surface area contributed by atoms with Crippen molar-refractivity contribution in [3.63, 3.8) is 0 Å². The molecule has 0 spiro atoms. The Bertz CT molecular complexity index is 300. The topological polar surface area (TPSA) is 61.6 Å². The number of nitrogens with two attached hydrogens (primary N) is 1. The van der Waals surface area contributed by atoms with Gasteiger partial charge in [0.15, 0.2) is 0 Å². The van der Waals surface area contributed by atoms with Crippen molar-refractivity contribution in [2.45, 2.75) is 25.6 Å². The molecule has 8 heteroatoms. The molecule has 3 N–H and O–H groups in total. The van der Waals surface area contributed by atoms with Gasteiger partial charge in [-0.2, -0.15) is 13.2 Å². The van der Waals surface area contributed by atoms with Crippen LogP contribution in [0.5, 0.6) is 0 Å². The molecule has 1 heterocycles. The van der Waals surface area contributed by atoms with Crippen LogP contribution in [0.4, 0.5) is 13.2 Å². The van der Waals surface area contributed by atoms with E-state index in [0.29, 0.717) is 25.7 Å². The SMILES string of the molecule is CCC(CN)N1CCN(CC(=O)NCC(F)(F)F)CC1. The summed E-state index contributed by atoms with van der Waals surface area (Å²) in [5, 5.41) is 1.89. The van der Waals surface area contributed by atoms with Crippen molar-refractivity contribution in [3.8, 4) is 0 Å². The standard InChI is InChI=1S/C12H23F3N4O/c1-2-10(7-16)19-5-3-18(4-6-19)8-11(20)17-9-12(13,14)15/h10H,2-9,16H2,1H3,(H,17,20). The van der Waals surface area contributed by atoms with Crippen molar-refractivity contribution in [3.05, 3.63) is 0 Å². The summed E-state index contributed by atoms with van der Waals surface area (Å²) in [4.78, 5) is 15.5. The number of rotatable bonds is 6. The molecule has 0 aromatic carbocycles. The number of halogens is 3. The Morgan fingerprint density at radius 2 is 1.90 bits per heavy atom. The number of piperazine rings is 1. The van der Waals surface area contributed by atoms with Gasteiger partial charge in [0.2, 0.25) is 5.91 Å². The summed E-state index contributed by atoms with van der Waals surface area (Å²) in [5.74, 6) is -0.582. The molecule has 0 saturated carbocycles. The predicted molar refractivity (Wildman–Crippen MR) is 70.2 cm³/mol. The average Bonchev–Trinajstić information content (AvgIpc) is 2.39. The Balaban J connectivity index is 2.27. The second kappa shape index (κ2) is 7.80. The highest BCUT2D eigenvalue weighted by Gasteiger charge is 2.28. The third-order valence-electron chi connectivity index (χ3n) is 3.52. The third-order valence-corrected chi connectivity index (χ3v) is 3.52. The molecule has 1 unspecified atom stereocenters. The molecule has 20 heavy (non-hydrogen) atoms. The number of carbonyl (C=O) groups is 1. The second-order valence-corrected chi connectivity index (χ2v) is 5.00. The van der Waals surface area contributed by atoms with E-state index in [2.05, 4.69) is 11.8 Å². The molecule has 1 aliphatic rings. The number of nitrogens with zero attached hydrogens (tertiary/aromatic N) is 2. The zero-order valence-corrected chi connectivity index (χ0v) is 11.7. The molecular formula is C12H23F3N4O. The number of carbonyl (C=O) groups excluding carboxylic acids is 1. The first-order chi connectivity index (χ1) is 9.35. The van der Waals surface area contributed by atoms with Crippen molar-refractivity contribution in [2.75, 3.05) is 45.8 Å². The summed E-state index contributed by atoms with van der Waals surface area (Å²) in [6, 6.07) is 0.344. The summed E-state index contributed by atoms with van der Waals surface area (Å²) in [5.41, 5.74) is 5.68. The van der Waals surface area contributed by atoms with E-state index in [9.17, 15) is 18.0 Å². The maximum Gasteiger partial charge on any atom is 0.405 e. The van der Waals surface area contributed by atoms with Gasteiger partial charge in [0.25, 0.3) is 0 Å². The van der Waals surface area contributed by atoms with Crippen LogP contribution in [-0.4, -0.2) is 73.7 Å². The molecule has 1 atom stereocenters. The Labute approximate surface area is 117 Å². The van der Waals surface area contributed by atoms with E-state index in [1.807, 2.05) is 10.2 Å². The van der Waals surface area contributed by atoms with E-state index in [-0.39, 0.29) is 6.54 Å². The first-order valence-corrected chi connectivity index (χ1v) is 6.85. The van der Waals surface area contributed by atoms with Gasteiger partial charge in [-0.1, -0.05) is 6.92 Å². The van der Waals surface area contributed by atoms with Crippen LogP contribution in [0.3, 0.4) is 0 Å². The highest BCUT2D eigenvalue weighted by Crippen LogP contribution is 2.12. The fourth-order valence-corrected chi connectivity index (χ4v) is 2.32. The van der Waals surface area contributed by atoms with Gasteiger partial charge < -0.3 is 11.1 Å². The number of nitrogens with one attached hydrogen (secondary N) is 1. The third kappa shape index (κ3) is 6.06. The molecular weight excluding hydrogens is 273 g/mol. The van der Waals surface area contributed by atoms with E-state index in [1.165, 1.54) is 0 Å². The van der Waals surface area contributed by atoms with Crippen LogP contribution in [0.2, 0.25) is 0 Å². The molecule has 1 saturated heterocycles. The quantitative estimate of drug-likeness (QED) is 0.725. The Morgan fingerprint density at radius 3 is 2.35 bits per heavy atom. The van der Waals surface area contributed by atoms with E-state index in [0.717, 1.165) is 19.5 Å². The lowest BCUT2D eigenvalue weighted by atomic mass is 10.1. The summed E-state index contributed by atoms with van der Waals surface area (Å²) in [7, 11) is 0. The predicted octanol–water partition coefficient (Wildman–Crippen LogP) is 0.0198. The average molecular weight is 296 g/mol. The minimum Gasteiger partial charge on any atom is -0.346 e. The van der Waals surface area contributed by atoms with Crippen molar-refractivity contribution in [2.24, 2.45) is 5.73 Å². The van der Waals surface area contributed by atoms with Gasteiger partial charge in [0.05, 0.1) is 6.54 Å². The lowest BCUT2D eigenvalue weighted by Crippen LogP contribution is -2.54. The zero-order valence-electron chi connectivity index (χ0n) is 11.7. The van der Waals surface area contributed by atoms with Crippen LogP contribution in [0.25, 0.3) is 0 Å². The molecule has 0 aromatic heterocycles. The van der Waals surface area contributed by atoms with Gasteiger partial charge in [0, 0.05) is 38.8 Å². The fraction of sp³-hybridized carbons (Fsp3) is 0.917. The molecule has 1 amide bonds. The number of hydrogen-bond acceptors (Lipinski definition) is 4. The molecule has 0 aromatic rings. The van der Waals surface area contributed by atoms with Crippen LogP contribution in [0.15, 0.2) is 0 Å². The summed E-state index contributed by atoms with van der Waals surface area (Å²) >= 11 is 0. The molecule has 1 rings (SSSR count). The maximum atomic E-state index is 12.0. The highest BCUT2D eigenvalue weighted by molar-refractivity contribution is 5.78. The van der Waals surface area contributed by atoms with E-state index in [1.54, 1.807) is 0 Å². The van der Waals surface area contributed by atoms with Gasteiger partial charge in [-0.3, -0.25) is 14.6 Å². The molecule has 0 radical (unpaired) electrons. The number of hydrogen-bond donors (Lipinski definition) is 2. The first kappa shape index (κ1) is 17.2. The normalized spacial score (nSPS) is 19.9. The molecule has 5 nitrogen and oxygen atoms in total. The highest BCUT2D eigenvalue weighted by atomic mass is 19.4. The maximum absolute atomic E-state index is 12.0. The minimum absolute atomic E-state index is 0.0172. The summed E-state index contributed by atoms with van der Waals surface area (Å²) < 4.78 is 35.9. The Kier molecular flexibility index (Phi) is 6.70. The molecule has 0 bridgehead atoms. The van der Waals surface area contributed by atoms with Gasteiger partial charge in [-0.25, -0.2) is 0 Å². The Morgan fingerprint density at radius 1 is 1.30 bits per heavy atom. The summed E-state index contributed by atoms with van der Waals surface area (Å²) in [6.45, 7) is 4.37. The molecule has 1 aliphatic heterocycles. The van der Waals surface area contributed by atoms with Crippen LogP contribution in [0, 0.1) is 0 Å². The fourth-order valence-electron chi connectivity index (χ4n) is 2.32. The smallest absolute Gasteiger partial charge is 0.346 e. The van der Waals surface area contributed by atoms with E-state index >= 15 is 0 Å². The van der Waals surface area contributed by atoms with Crippen molar-refractivity contribution in [1.29, 1.82) is 0 Å². The summed E-state index contributed by atoms with van der Waals surface area (Å²) in [6.07, 6.45) is -3.38. The second-order valence-electron chi connectivity index (χ2n) is 5.00. The zero-order chi connectivity index (χ0) is 15.2. The molecule has 0 aliphatic carbocycles. The van der Waals surface area contributed by atoms with Crippen LogP contribution in [0.1, 0.15) is 13.3 Å².